The highest BCUT2D eigenvalue weighted by molar-refractivity contribution is 7.89. The lowest BCUT2D eigenvalue weighted by Crippen LogP contribution is -2.53. The van der Waals surface area contributed by atoms with Crippen LogP contribution in [0.15, 0.2) is 23.1 Å². The SMILES string of the molecule is O=S(=O)(c1ccc(Cl)cc1F)N1CC(O)C1. The minimum absolute atomic E-state index is 0.00436. The molecule has 1 N–H and O–H groups in total. The van der Waals surface area contributed by atoms with Gasteiger partial charge in [-0.25, -0.2) is 12.8 Å². The van der Waals surface area contributed by atoms with Crippen molar-refractivity contribution in [3.63, 3.8) is 0 Å². The second-order valence-electron chi connectivity index (χ2n) is 3.55. The first-order valence-corrected chi connectivity index (χ1v) is 6.36. The molecule has 0 spiro atoms. The summed E-state index contributed by atoms with van der Waals surface area (Å²) in [4.78, 5) is -0.413. The summed E-state index contributed by atoms with van der Waals surface area (Å²) in [5, 5.41) is 9.16. The molecule has 0 radical (unpaired) electrons. The van der Waals surface area contributed by atoms with Crippen molar-refractivity contribution in [2.45, 2.75) is 11.0 Å². The molecule has 0 unspecified atom stereocenters. The summed E-state index contributed by atoms with van der Waals surface area (Å²) in [6, 6.07) is 3.39. The van der Waals surface area contributed by atoms with Crippen LogP contribution in [0.3, 0.4) is 0 Å². The van der Waals surface area contributed by atoms with E-state index in [9.17, 15) is 12.8 Å². The first-order chi connectivity index (χ1) is 7.41. The predicted molar refractivity (Wildman–Crippen MR) is 56.2 cm³/mol. The van der Waals surface area contributed by atoms with Crippen molar-refractivity contribution in [1.82, 2.24) is 4.31 Å². The number of rotatable bonds is 2. The molecule has 1 fully saturated rings. The molecule has 0 aliphatic carbocycles. The summed E-state index contributed by atoms with van der Waals surface area (Å²) >= 11 is 5.53. The zero-order valence-corrected chi connectivity index (χ0v) is 9.67. The number of aliphatic hydroxyl groups excluding tert-OH is 1. The van der Waals surface area contributed by atoms with Gasteiger partial charge in [0, 0.05) is 18.1 Å². The molecule has 0 atom stereocenters. The maximum Gasteiger partial charge on any atom is 0.246 e. The van der Waals surface area contributed by atoms with E-state index < -0.39 is 26.8 Å². The number of aliphatic hydroxyl groups is 1. The summed E-state index contributed by atoms with van der Waals surface area (Å²) in [6.45, 7) is 0.00873. The third kappa shape index (κ3) is 1.93. The fourth-order valence-corrected chi connectivity index (χ4v) is 3.16. The van der Waals surface area contributed by atoms with E-state index in [1.54, 1.807) is 0 Å². The molecule has 4 nitrogen and oxygen atoms in total. The lowest BCUT2D eigenvalue weighted by atomic mass is 10.2. The molecular weight excluding hydrogens is 257 g/mol. The molecule has 0 bridgehead atoms. The van der Waals surface area contributed by atoms with Crippen LogP contribution in [-0.4, -0.2) is 37.0 Å². The topological polar surface area (TPSA) is 57.6 Å². The summed E-state index contributed by atoms with van der Waals surface area (Å²) in [5.74, 6) is -0.881. The van der Waals surface area contributed by atoms with Crippen LogP contribution in [0.4, 0.5) is 4.39 Å². The van der Waals surface area contributed by atoms with E-state index >= 15 is 0 Å². The van der Waals surface area contributed by atoms with Crippen molar-refractivity contribution in [3.05, 3.63) is 29.0 Å². The molecule has 1 aromatic carbocycles. The Hall–Kier alpha value is -0.690. The lowest BCUT2D eigenvalue weighted by Gasteiger charge is -2.34. The first kappa shape index (κ1) is 11.8. The van der Waals surface area contributed by atoms with Crippen molar-refractivity contribution in [2.75, 3.05) is 13.1 Å². The standard InChI is InChI=1S/C9H9ClFNO3S/c10-6-1-2-9(8(11)3-6)16(14,15)12-4-7(13)5-12/h1-3,7,13H,4-5H2. The molecule has 1 saturated heterocycles. The number of hydrogen-bond donors (Lipinski definition) is 1. The highest BCUT2D eigenvalue weighted by atomic mass is 35.5. The second kappa shape index (κ2) is 3.96. The van der Waals surface area contributed by atoms with E-state index in [0.717, 1.165) is 16.4 Å². The van der Waals surface area contributed by atoms with Crippen molar-refractivity contribution in [2.24, 2.45) is 0 Å². The highest BCUT2D eigenvalue weighted by Crippen LogP contribution is 2.25. The number of sulfonamides is 1. The number of hydrogen-bond acceptors (Lipinski definition) is 3. The minimum Gasteiger partial charge on any atom is -0.390 e. The van der Waals surface area contributed by atoms with E-state index in [1.165, 1.54) is 6.07 Å². The summed E-state index contributed by atoms with van der Waals surface area (Å²) in [7, 11) is -3.84. The molecule has 1 heterocycles. The molecule has 1 aliphatic heterocycles. The van der Waals surface area contributed by atoms with Crippen LogP contribution >= 0.6 is 11.6 Å². The molecule has 2 rings (SSSR count). The van der Waals surface area contributed by atoms with E-state index in [4.69, 9.17) is 16.7 Å². The van der Waals surface area contributed by atoms with Gasteiger partial charge in [0.05, 0.1) is 6.10 Å². The van der Waals surface area contributed by atoms with Gasteiger partial charge in [-0.2, -0.15) is 4.31 Å². The van der Waals surface area contributed by atoms with E-state index in [0.29, 0.717) is 0 Å². The van der Waals surface area contributed by atoms with Crippen molar-refractivity contribution >= 4 is 21.6 Å². The van der Waals surface area contributed by atoms with Crippen molar-refractivity contribution < 1.29 is 17.9 Å². The zero-order chi connectivity index (χ0) is 11.9. The van der Waals surface area contributed by atoms with Crippen LogP contribution in [0.2, 0.25) is 5.02 Å². The van der Waals surface area contributed by atoms with Gasteiger partial charge in [-0.3, -0.25) is 0 Å². The Labute approximate surface area is 97.3 Å². The third-order valence-corrected chi connectivity index (χ3v) is 4.44. The average Bonchev–Trinajstić information content (AvgIpc) is 2.12. The molecular formula is C9H9ClFNO3S. The van der Waals surface area contributed by atoms with Gasteiger partial charge in [0.2, 0.25) is 10.0 Å². The maximum atomic E-state index is 13.4. The van der Waals surface area contributed by atoms with Gasteiger partial charge in [0.1, 0.15) is 10.7 Å². The second-order valence-corrected chi connectivity index (χ2v) is 5.89. The Morgan fingerprint density at radius 3 is 2.56 bits per heavy atom. The molecule has 1 aromatic rings. The monoisotopic (exact) mass is 265 g/mol. The predicted octanol–water partition coefficient (Wildman–Crippen LogP) is 0.844. The van der Waals surface area contributed by atoms with Crippen molar-refractivity contribution in [3.8, 4) is 0 Å². The molecule has 88 valence electrons. The van der Waals surface area contributed by atoms with Crippen LogP contribution in [0, 0.1) is 5.82 Å². The largest absolute Gasteiger partial charge is 0.390 e. The number of halogens is 2. The quantitative estimate of drug-likeness (QED) is 0.862. The van der Waals surface area contributed by atoms with E-state index in [1.807, 2.05) is 0 Å². The number of β-amino-alcohol motifs (C(OH)–C–C–N with tert-alkyl or cyclic N) is 1. The Morgan fingerprint density at radius 2 is 2.06 bits per heavy atom. The summed E-state index contributed by atoms with van der Waals surface area (Å²) in [5.41, 5.74) is 0. The number of nitrogens with zero attached hydrogens (tertiary/aromatic N) is 1. The molecule has 1 aliphatic rings. The van der Waals surface area contributed by atoms with Gasteiger partial charge in [-0.1, -0.05) is 11.6 Å². The molecule has 0 saturated carbocycles. The molecule has 7 heteroatoms. The Kier molecular flexibility index (Phi) is 2.91. The average molecular weight is 266 g/mol. The highest BCUT2D eigenvalue weighted by Gasteiger charge is 2.36. The smallest absolute Gasteiger partial charge is 0.246 e. The third-order valence-electron chi connectivity index (χ3n) is 2.34. The van der Waals surface area contributed by atoms with Gasteiger partial charge in [-0.15, -0.1) is 0 Å². The fraction of sp³-hybridized carbons (Fsp3) is 0.333. The maximum absolute atomic E-state index is 13.4. The van der Waals surface area contributed by atoms with Crippen LogP contribution < -0.4 is 0 Å². The Bertz CT molecular complexity index is 513. The summed E-state index contributed by atoms with van der Waals surface area (Å²) < 4.78 is 38.1. The minimum atomic E-state index is -3.84. The normalized spacial score (nSPS) is 18.4. The Morgan fingerprint density at radius 1 is 1.44 bits per heavy atom. The fourth-order valence-electron chi connectivity index (χ4n) is 1.44. The molecule has 0 amide bonds. The van der Waals surface area contributed by atoms with Crippen molar-refractivity contribution in [1.29, 1.82) is 0 Å². The van der Waals surface area contributed by atoms with Gasteiger partial charge >= 0.3 is 0 Å². The summed E-state index contributed by atoms with van der Waals surface area (Å²) in [6.07, 6.45) is -0.662. The van der Waals surface area contributed by atoms with E-state index in [2.05, 4.69) is 0 Å². The van der Waals surface area contributed by atoms with Crippen LogP contribution in [-0.2, 0) is 10.0 Å². The molecule has 16 heavy (non-hydrogen) atoms. The molecule has 0 aromatic heterocycles. The van der Waals surface area contributed by atoms with Crippen LogP contribution in [0.1, 0.15) is 0 Å². The lowest BCUT2D eigenvalue weighted by molar-refractivity contribution is 0.0546. The van der Waals surface area contributed by atoms with Gasteiger partial charge in [0.25, 0.3) is 0 Å². The Balaban J connectivity index is 2.36. The van der Waals surface area contributed by atoms with Crippen LogP contribution in [0.25, 0.3) is 0 Å². The van der Waals surface area contributed by atoms with Gasteiger partial charge < -0.3 is 5.11 Å². The van der Waals surface area contributed by atoms with E-state index in [-0.39, 0.29) is 18.1 Å². The van der Waals surface area contributed by atoms with Gasteiger partial charge in [-0.05, 0) is 18.2 Å². The number of benzene rings is 1. The zero-order valence-electron chi connectivity index (χ0n) is 8.10. The van der Waals surface area contributed by atoms with Gasteiger partial charge in [0.15, 0.2) is 0 Å². The van der Waals surface area contributed by atoms with Crippen LogP contribution in [0.5, 0.6) is 0 Å². The first-order valence-electron chi connectivity index (χ1n) is 4.54.